The number of pyridine rings is 1. The van der Waals surface area contributed by atoms with Gasteiger partial charge < -0.3 is 14.6 Å². The van der Waals surface area contributed by atoms with Crippen molar-refractivity contribution in [2.24, 2.45) is 5.92 Å². The molecule has 9 nitrogen and oxygen atoms in total. The highest BCUT2D eigenvalue weighted by atomic mass is 32.2. The lowest BCUT2D eigenvalue weighted by molar-refractivity contribution is -0.149. The Bertz CT molecular complexity index is 1520. The molecule has 0 saturated carbocycles. The molecule has 0 bridgehead atoms. The van der Waals surface area contributed by atoms with E-state index in [1.54, 1.807) is 17.9 Å². The second-order valence-corrected chi connectivity index (χ2v) is 11.3. The van der Waals surface area contributed by atoms with Crippen molar-refractivity contribution in [2.75, 3.05) is 31.0 Å². The number of anilines is 1. The summed E-state index contributed by atoms with van der Waals surface area (Å²) in [5.74, 6) is -0.982. The van der Waals surface area contributed by atoms with Gasteiger partial charge in [0, 0.05) is 37.2 Å². The second-order valence-electron chi connectivity index (χ2n) is 9.32. The Kier molecular flexibility index (Phi) is 7.40. The van der Waals surface area contributed by atoms with E-state index < -0.39 is 21.4 Å². The smallest absolute Gasteiger partial charge is 0.309 e. The summed E-state index contributed by atoms with van der Waals surface area (Å²) in [5.41, 5.74) is 2.08. The van der Waals surface area contributed by atoms with Crippen molar-refractivity contribution in [1.29, 1.82) is 0 Å². The van der Waals surface area contributed by atoms with Gasteiger partial charge in [-0.25, -0.2) is 8.42 Å². The molecule has 1 saturated heterocycles. The Balaban J connectivity index is 1.63. The number of rotatable bonds is 6. The lowest BCUT2D eigenvalue weighted by Gasteiger charge is -2.30. The monoisotopic (exact) mass is 525 g/mol. The molecule has 2 heterocycles. The standard InChI is InChI=1S/C27H31N3O6S/c1-5-36-27(33)19-10-12-30(13-11-19)26(32)22-16-28-23-9-8-20(15-21(23)25(22)31)37(34,35)29(4)24-14-17(2)6-7-18(24)3/h6-9,14-16,19H,5,10-13H2,1-4H3,(H,28,31). The molecule has 196 valence electrons. The number of aromatic amines is 1. The van der Waals surface area contributed by atoms with E-state index in [9.17, 15) is 22.8 Å². The van der Waals surface area contributed by atoms with Crippen molar-refractivity contribution < 1.29 is 22.7 Å². The summed E-state index contributed by atoms with van der Waals surface area (Å²) < 4.78 is 33.2. The van der Waals surface area contributed by atoms with Gasteiger partial charge in [0.25, 0.3) is 15.9 Å². The van der Waals surface area contributed by atoms with E-state index in [1.807, 2.05) is 26.0 Å². The minimum atomic E-state index is -3.97. The number of nitrogens with zero attached hydrogens (tertiary/aromatic N) is 2. The Morgan fingerprint density at radius 3 is 2.49 bits per heavy atom. The average molecular weight is 526 g/mol. The van der Waals surface area contributed by atoms with Gasteiger partial charge in [0.1, 0.15) is 5.56 Å². The topological polar surface area (TPSA) is 117 Å². The van der Waals surface area contributed by atoms with Gasteiger partial charge in [0.2, 0.25) is 5.43 Å². The fourth-order valence-electron chi connectivity index (χ4n) is 4.61. The Hall–Kier alpha value is -3.66. The predicted molar refractivity (Wildman–Crippen MR) is 141 cm³/mol. The molecule has 2 aromatic carbocycles. The minimum Gasteiger partial charge on any atom is -0.466 e. The van der Waals surface area contributed by atoms with Gasteiger partial charge in [-0.1, -0.05) is 12.1 Å². The number of carbonyl (C=O) groups excluding carboxylic acids is 2. The molecule has 0 radical (unpaired) electrons. The van der Waals surface area contributed by atoms with Crippen LogP contribution in [-0.4, -0.2) is 56.9 Å². The van der Waals surface area contributed by atoms with Crippen LogP contribution >= 0.6 is 0 Å². The summed E-state index contributed by atoms with van der Waals surface area (Å²) in [6, 6.07) is 9.84. The highest BCUT2D eigenvalue weighted by Gasteiger charge is 2.30. The number of esters is 1. The Labute approximate surface area is 216 Å². The van der Waals surface area contributed by atoms with E-state index in [0.29, 0.717) is 43.7 Å². The molecule has 1 aliphatic heterocycles. The van der Waals surface area contributed by atoms with Crippen molar-refractivity contribution in [2.45, 2.75) is 38.5 Å². The van der Waals surface area contributed by atoms with E-state index in [4.69, 9.17) is 4.74 Å². The first-order chi connectivity index (χ1) is 17.5. The third-order valence-corrected chi connectivity index (χ3v) is 8.61. The van der Waals surface area contributed by atoms with Gasteiger partial charge in [0.05, 0.1) is 23.1 Å². The first-order valence-corrected chi connectivity index (χ1v) is 13.7. The van der Waals surface area contributed by atoms with Crippen LogP contribution in [0.4, 0.5) is 5.69 Å². The maximum Gasteiger partial charge on any atom is 0.309 e. The summed E-state index contributed by atoms with van der Waals surface area (Å²) in [4.78, 5) is 43.0. The molecule has 4 rings (SSSR count). The number of aryl methyl sites for hydroxylation is 2. The van der Waals surface area contributed by atoms with Crippen molar-refractivity contribution in [1.82, 2.24) is 9.88 Å². The van der Waals surface area contributed by atoms with Crippen molar-refractivity contribution in [3.63, 3.8) is 0 Å². The predicted octanol–water partition coefficient (Wildman–Crippen LogP) is 3.39. The molecule has 1 fully saturated rings. The normalized spacial score (nSPS) is 14.5. The number of amides is 1. The molecule has 0 spiro atoms. The van der Waals surface area contributed by atoms with Gasteiger partial charge >= 0.3 is 5.97 Å². The quantitative estimate of drug-likeness (QED) is 0.493. The SMILES string of the molecule is CCOC(=O)C1CCN(C(=O)c2c[nH]c3ccc(S(=O)(=O)N(C)c4cc(C)ccc4C)cc3c2=O)CC1. The average Bonchev–Trinajstić information content (AvgIpc) is 2.89. The van der Waals surface area contributed by atoms with Gasteiger partial charge in [-0.2, -0.15) is 0 Å². The third kappa shape index (κ3) is 5.11. The third-order valence-electron chi connectivity index (χ3n) is 6.85. The number of hydrogen-bond donors (Lipinski definition) is 1. The Morgan fingerprint density at radius 1 is 1.11 bits per heavy atom. The molecular formula is C27H31N3O6S. The number of hydrogen-bond acceptors (Lipinski definition) is 6. The molecule has 0 unspecified atom stereocenters. The van der Waals surface area contributed by atoms with E-state index >= 15 is 0 Å². The van der Waals surface area contributed by atoms with Crippen LogP contribution in [0.25, 0.3) is 10.9 Å². The number of ether oxygens (including phenoxy) is 1. The molecule has 1 amide bonds. The molecule has 1 aliphatic rings. The number of benzene rings is 2. The van der Waals surface area contributed by atoms with Crippen LogP contribution < -0.4 is 9.73 Å². The minimum absolute atomic E-state index is 0.0474. The molecular weight excluding hydrogens is 494 g/mol. The highest BCUT2D eigenvalue weighted by molar-refractivity contribution is 7.92. The summed E-state index contributed by atoms with van der Waals surface area (Å²) in [7, 11) is -2.49. The van der Waals surface area contributed by atoms with Gasteiger partial charge in [-0.15, -0.1) is 0 Å². The number of carbonyl (C=O) groups is 2. The van der Waals surface area contributed by atoms with E-state index in [-0.39, 0.29) is 27.7 Å². The lowest BCUT2D eigenvalue weighted by Crippen LogP contribution is -2.42. The maximum absolute atomic E-state index is 13.5. The fourth-order valence-corrected chi connectivity index (χ4v) is 5.89. The molecule has 0 atom stereocenters. The molecule has 1 aromatic heterocycles. The molecule has 10 heteroatoms. The van der Waals surface area contributed by atoms with E-state index in [2.05, 4.69) is 4.98 Å². The van der Waals surface area contributed by atoms with Crippen LogP contribution in [0.2, 0.25) is 0 Å². The van der Waals surface area contributed by atoms with Crippen LogP contribution in [0.3, 0.4) is 0 Å². The van der Waals surface area contributed by atoms with Crippen LogP contribution in [0, 0.1) is 19.8 Å². The van der Waals surface area contributed by atoms with Crippen LogP contribution in [0.5, 0.6) is 0 Å². The number of aromatic nitrogens is 1. The first kappa shape index (κ1) is 26.4. The second kappa shape index (κ2) is 10.4. The fraction of sp³-hybridized carbons (Fsp3) is 0.370. The zero-order chi connectivity index (χ0) is 26.9. The summed E-state index contributed by atoms with van der Waals surface area (Å²) in [5, 5.41) is 0.114. The van der Waals surface area contributed by atoms with Gasteiger partial charge in [-0.3, -0.25) is 18.7 Å². The Morgan fingerprint density at radius 2 is 1.81 bits per heavy atom. The number of likely N-dealkylation sites (tertiary alicyclic amines) is 1. The van der Waals surface area contributed by atoms with E-state index in [0.717, 1.165) is 11.1 Å². The summed E-state index contributed by atoms with van der Waals surface area (Å²) in [6.45, 7) is 6.43. The highest BCUT2D eigenvalue weighted by Crippen LogP contribution is 2.27. The lowest BCUT2D eigenvalue weighted by atomic mass is 9.96. The number of H-pyrrole nitrogens is 1. The molecule has 3 aromatic rings. The molecule has 1 N–H and O–H groups in total. The van der Waals surface area contributed by atoms with Gasteiger partial charge in [0.15, 0.2) is 0 Å². The van der Waals surface area contributed by atoms with Crippen LogP contribution in [-0.2, 0) is 19.6 Å². The van der Waals surface area contributed by atoms with Gasteiger partial charge in [-0.05, 0) is 69.0 Å². The molecule has 0 aliphatic carbocycles. The van der Waals surface area contributed by atoms with Crippen molar-refractivity contribution in [3.8, 4) is 0 Å². The zero-order valence-corrected chi connectivity index (χ0v) is 22.2. The van der Waals surface area contributed by atoms with Crippen LogP contribution in [0.15, 0.2) is 52.3 Å². The summed E-state index contributed by atoms with van der Waals surface area (Å²) >= 11 is 0. The van der Waals surface area contributed by atoms with Crippen molar-refractivity contribution >= 4 is 38.5 Å². The number of nitrogens with one attached hydrogen (secondary N) is 1. The zero-order valence-electron chi connectivity index (χ0n) is 21.4. The van der Waals surface area contributed by atoms with Crippen LogP contribution in [0.1, 0.15) is 41.3 Å². The van der Waals surface area contributed by atoms with Crippen molar-refractivity contribution in [3.05, 3.63) is 69.5 Å². The summed E-state index contributed by atoms with van der Waals surface area (Å²) in [6.07, 6.45) is 2.28. The van der Waals surface area contributed by atoms with E-state index in [1.165, 1.54) is 35.7 Å². The maximum atomic E-state index is 13.5. The largest absolute Gasteiger partial charge is 0.466 e. The number of fused-ring (bicyclic) bond motifs is 1. The molecule has 37 heavy (non-hydrogen) atoms. The number of sulfonamides is 1. The first-order valence-electron chi connectivity index (χ1n) is 12.2. The number of piperidine rings is 1.